The van der Waals surface area contributed by atoms with Crippen LogP contribution in [0.1, 0.15) is 0 Å². The fraction of sp³-hybridized carbons (Fsp3) is 0. The smallest absolute Gasteiger partial charge is 0.167 e. The molecule has 5 nitrogen and oxygen atoms in total. The molecule has 0 saturated heterocycles. The summed E-state index contributed by atoms with van der Waals surface area (Å²) in [6.45, 7) is 0. The molecule has 0 radical (unpaired) electrons. The van der Waals surface area contributed by atoms with E-state index in [0.29, 0.717) is 17.5 Å². The maximum atomic E-state index is 6.60. The van der Waals surface area contributed by atoms with Crippen molar-refractivity contribution in [1.29, 1.82) is 0 Å². The van der Waals surface area contributed by atoms with Crippen LogP contribution in [0.4, 0.5) is 0 Å². The monoisotopic (exact) mass is 565 g/mol. The van der Waals surface area contributed by atoms with E-state index in [1.165, 1.54) is 0 Å². The standard InChI is InChI=1S/C39H23N3O2/c1-3-10-24(11-4-1)37-40-38(25-12-5-2-6-13-25)42-39(41-37)32-16-9-15-31-30-21-19-27(23-35(30)44-36(31)32)26-18-20-29-28-14-7-8-17-33(28)43-34(29)22-26/h1-23H. The van der Waals surface area contributed by atoms with Crippen molar-refractivity contribution < 1.29 is 8.83 Å². The van der Waals surface area contributed by atoms with E-state index in [-0.39, 0.29) is 0 Å². The van der Waals surface area contributed by atoms with Crippen LogP contribution in [-0.2, 0) is 0 Å². The van der Waals surface area contributed by atoms with E-state index in [1.807, 2.05) is 91.0 Å². The molecule has 9 aromatic rings. The average molecular weight is 566 g/mol. The Bertz CT molecular complexity index is 2440. The van der Waals surface area contributed by atoms with Crippen molar-refractivity contribution in [3.05, 3.63) is 140 Å². The number of nitrogens with zero attached hydrogens (tertiary/aromatic N) is 3. The van der Waals surface area contributed by atoms with Gasteiger partial charge in [0.1, 0.15) is 22.3 Å². The predicted molar refractivity (Wildman–Crippen MR) is 176 cm³/mol. The minimum absolute atomic E-state index is 0.568. The van der Waals surface area contributed by atoms with Crippen LogP contribution >= 0.6 is 0 Å². The average Bonchev–Trinajstić information content (AvgIpc) is 3.66. The molecule has 0 aliphatic heterocycles. The van der Waals surface area contributed by atoms with E-state index in [1.54, 1.807) is 0 Å². The molecule has 0 amide bonds. The zero-order chi connectivity index (χ0) is 29.0. The summed E-state index contributed by atoms with van der Waals surface area (Å²) in [7, 11) is 0. The van der Waals surface area contributed by atoms with Gasteiger partial charge in [0.25, 0.3) is 0 Å². The number of aromatic nitrogens is 3. The van der Waals surface area contributed by atoms with Gasteiger partial charge in [-0.1, -0.05) is 103 Å². The van der Waals surface area contributed by atoms with E-state index in [0.717, 1.165) is 71.7 Å². The van der Waals surface area contributed by atoms with Crippen LogP contribution in [0.15, 0.2) is 148 Å². The van der Waals surface area contributed by atoms with Gasteiger partial charge in [0, 0.05) is 32.7 Å². The molecule has 3 heterocycles. The second kappa shape index (κ2) is 9.75. The van der Waals surface area contributed by atoms with Gasteiger partial charge in [-0.25, -0.2) is 15.0 Å². The third kappa shape index (κ3) is 3.98. The van der Waals surface area contributed by atoms with Crippen LogP contribution in [0.3, 0.4) is 0 Å². The first-order valence-corrected chi connectivity index (χ1v) is 14.5. The Labute approximate surface area is 252 Å². The zero-order valence-corrected chi connectivity index (χ0v) is 23.4. The summed E-state index contributed by atoms with van der Waals surface area (Å²) in [5, 5.41) is 4.29. The summed E-state index contributed by atoms with van der Waals surface area (Å²) in [4.78, 5) is 14.7. The summed E-state index contributed by atoms with van der Waals surface area (Å²) in [5.74, 6) is 1.80. The minimum Gasteiger partial charge on any atom is -0.456 e. The molecule has 5 heteroatoms. The molecule has 0 unspecified atom stereocenters. The van der Waals surface area contributed by atoms with E-state index in [2.05, 4.69) is 48.5 Å². The first-order chi connectivity index (χ1) is 21.8. The molecule has 3 aromatic heterocycles. The highest BCUT2D eigenvalue weighted by Crippen LogP contribution is 2.38. The highest BCUT2D eigenvalue weighted by molar-refractivity contribution is 6.10. The number of hydrogen-bond donors (Lipinski definition) is 0. The number of hydrogen-bond acceptors (Lipinski definition) is 5. The Hall–Kier alpha value is -6.07. The van der Waals surface area contributed by atoms with E-state index in [9.17, 15) is 0 Å². The second-order valence-electron chi connectivity index (χ2n) is 10.8. The quantitative estimate of drug-likeness (QED) is 0.212. The van der Waals surface area contributed by atoms with Gasteiger partial charge in [0.15, 0.2) is 17.5 Å². The van der Waals surface area contributed by atoms with Crippen LogP contribution in [0.5, 0.6) is 0 Å². The molecular weight excluding hydrogens is 542 g/mol. The highest BCUT2D eigenvalue weighted by atomic mass is 16.3. The van der Waals surface area contributed by atoms with E-state index < -0.39 is 0 Å². The molecule has 0 spiro atoms. The Balaban J connectivity index is 1.20. The molecular formula is C39H23N3O2. The van der Waals surface area contributed by atoms with Crippen LogP contribution in [0.2, 0.25) is 0 Å². The van der Waals surface area contributed by atoms with Crippen LogP contribution in [0, 0.1) is 0 Å². The summed E-state index contributed by atoms with van der Waals surface area (Å²) in [6.07, 6.45) is 0. The third-order valence-electron chi connectivity index (χ3n) is 8.15. The van der Waals surface area contributed by atoms with Gasteiger partial charge in [-0.15, -0.1) is 0 Å². The van der Waals surface area contributed by atoms with Gasteiger partial charge in [0.05, 0.1) is 5.56 Å². The lowest BCUT2D eigenvalue weighted by atomic mass is 10.0. The highest BCUT2D eigenvalue weighted by Gasteiger charge is 2.18. The van der Waals surface area contributed by atoms with Crippen LogP contribution in [-0.4, -0.2) is 15.0 Å². The molecule has 6 aromatic carbocycles. The Morgan fingerprint density at radius 1 is 0.341 bits per heavy atom. The summed E-state index contributed by atoms with van der Waals surface area (Å²) < 4.78 is 12.8. The SMILES string of the molecule is c1ccc(-c2nc(-c3ccccc3)nc(-c3cccc4c3oc3cc(-c5ccc6c(c5)oc5ccccc56)ccc34)n2)cc1. The number of benzene rings is 6. The van der Waals surface area contributed by atoms with Crippen molar-refractivity contribution in [2.75, 3.05) is 0 Å². The van der Waals surface area contributed by atoms with Crippen molar-refractivity contribution in [1.82, 2.24) is 15.0 Å². The summed E-state index contributed by atoms with van der Waals surface area (Å²) in [6, 6.07) is 47.0. The maximum Gasteiger partial charge on any atom is 0.167 e. The number of rotatable bonds is 4. The number of para-hydroxylation sites is 2. The molecule has 0 aliphatic rings. The molecule has 0 atom stereocenters. The lowest BCUT2D eigenvalue weighted by Crippen LogP contribution is -2.00. The van der Waals surface area contributed by atoms with Gasteiger partial charge in [0.2, 0.25) is 0 Å². The van der Waals surface area contributed by atoms with Crippen molar-refractivity contribution in [3.63, 3.8) is 0 Å². The van der Waals surface area contributed by atoms with Crippen LogP contribution < -0.4 is 0 Å². The molecule has 0 bridgehead atoms. The molecule has 0 fully saturated rings. The first kappa shape index (κ1) is 24.5. The lowest BCUT2D eigenvalue weighted by Gasteiger charge is -2.08. The predicted octanol–water partition coefficient (Wildman–Crippen LogP) is 10.3. The summed E-state index contributed by atoms with van der Waals surface area (Å²) >= 11 is 0. The minimum atomic E-state index is 0.568. The molecule has 44 heavy (non-hydrogen) atoms. The van der Waals surface area contributed by atoms with Gasteiger partial charge >= 0.3 is 0 Å². The summed E-state index contributed by atoms with van der Waals surface area (Å²) in [5.41, 5.74) is 8.10. The third-order valence-corrected chi connectivity index (χ3v) is 8.15. The lowest BCUT2D eigenvalue weighted by molar-refractivity contribution is 0.668. The van der Waals surface area contributed by atoms with Crippen molar-refractivity contribution >= 4 is 43.9 Å². The topological polar surface area (TPSA) is 65.0 Å². The second-order valence-corrected chi connectivity index (χ2v) is 10.8. The molecule has 0 saturated carbocycles. The molecule has 9 rings (SSSR count). The van der Waals surface area contributed by atoms with Gasteiger partial charge < -0.3 is 8.83 Å². The van der Waals surface area contributed by atoms with Gasteiger partial charge in [-0.2, -0.15) is 0 Å². The van der Waals surface area contributed by atoms with Gasteiger partial charge in [-0.05, 0) is 47.5 Å². The first-order valence-electron chi connectivity index (χ1n) is 14.5. The van der Waals surface area contributed by atoms with Crippen molar-refractivity contribution in [2.45, 2.75) is 0 Å². The van der Waals surface area contributed by atoms with Gasteiger partial charge in [-0.3, -0.25) is 0 Å². The normalized spacial score (nSPS) is 11.6. The molecule has 206 valence electrons. The Kier molecular flexibility index (Phi) is 5.43. The largest absolute Gasteiger partial charge is 0.456 e. The van der Waals surface area contributed by atoms with Crippen molar-refractivity contribution in [2.24, 2.45) is 0 Å². The maximum absolute atomic E-state index is 6.60. The van der Waals surface area contributed by atoms with E-state index in [4.69, 9.17) is 23.8 Å². The Morgan fingerprint density at radius 2 is 0.864 bits per heavy atom. The van der Waals surface area contributed by atoms with E-state index >= 15 is 0 Å². The van der Waals surface area contributed by atoms with Crippen molar-refractivity contribution in [3.8, 4) is 45.3 Å². The fourth-order valence-corrected chi connectivity index (χ4v) is 5.99. The fourth-order valence-electron chi connectivity index (χ4n) is 5.99. The van der Waals surface area contributed by atoms with Crippen LogP contribution in [0.25, 0.3) is 89.2 Å². The number of furan rings is 2. The number of fused-ring (bicyclic) bond motifs is 6. The molecule has 0 aliphatic carbocycles. The molecule has 0 N–H and O–H groups in total. The zero-order valence-electron chi connectivity index (χ0n) is 23.4. The Morgan fingerprint density at radius 3 is 1.55 bits per heavy atom.